The van der Waals surface area contributed by atoms with Gasteiger partial charge in [-0.3, -0.25) is 4.31 Å². The van der Waals surface area contributed by atoms with Gasteiger partial charge in [0.15, 0.2) is 0 Å². The molecular formula is C29H37NO6S. The van der Waals surface area contributed by atoms with E-state index in [0.29, 0.717) is 43.8 Å². The van der Waals surface area contributed by atoms with Gasteiger partial charge in [-0.25, -0.2) is 13.2 Å². The molecule has 2 heterocycles. The maximum absolute atomic E-state index is 14.1. The van der Waals surface area contributed by atoms with E-state index in [9.17, 15) is 13.2 Å². The molecule has 2 aromatic rings. The van der Waals surface area contributed by atoms with Crippen LogP contribution < -0.4 is 9.04 Å². The molecule has 0 spiro atoms. The molecule has 1 unspecified atom stereocenters. The second-order valence-corrected chi connectivity index (χ2v) is 12.2. The predicted octanol–water partition coefficient (Wildman–Crippen LogP) is 5.47. The zero-order valence-electron chi connectivity index (χ0n) is 21.8. The fourth-order valence-electron chi connectivity index (χ4n) is 5.65. The van der Waals surface area contributed by atoms with Crippen molar-refractivity contribution in [1.82, 2.24) is 0 Å². The largest absolute Gasteiger partial charge is 0.492 e. The molecule has 1 saturated heterocycles. The van der Waals surface area contributed by atoms with Crippen LogP contribution in [0.4, 0.5) is 5.69 Å². The fourth-order valence-corrected chi connectivity index (χ4v) is 7.47. The van der Waals surface area contributed by atoms with Gasteiger partial charge in [0.25, 0.3) is 10.0 Å². The maximum Gasteiger partial charge on any atom is 0.341 e. The van der Waals surface area contributed by atoms with E-state index in [1.807, 2.05) is 13.0 Å². The van der Waals surface area contributed by atoms with Gasteiger partial charge in [0.1, 0.15) is 11.3 Å². The summed E-state index contributed by atoms with van der Waals surface area (Å²) in [4.78, 5) is 12.7. The summed E-state index contributed by atoms with van der Waals surface area (Å²) in [6.45, 7) is 3.87. The quantitative estimate of drug-likeness (QED) is 0.424. The van der Waals surface area contributed by atoms with Gasteiger partial charge in [0.2, 0.25) is 0 Å². The lowest BCUT2D eigenvalue weighted by molar-refractivity contribution is 0.0483. The van der Waals surface area contributed by atoms with Crippen LogP contribution in [0.1, 0.15) is 79.3 Å². The second-order valence-electron chi connectivity index (χ2n) is 10.4. The van der Waals surface area contributed by atoms with Crippen LogP contribution in [-0.2, 0) is 25.9 Å². The van der Waals surface area contributed by atoms with Crippen LogP contribution in [-0.4, -0.2) is 47.4 Å². The van der Waals surface area contributed by atoms with Crippen molar-refractivity contribution in [2.45, 2.75) is 75.1 Å². The zero-order valence-corrected chi connectivity index (χ0v) is 22.6. The molecule has 37 heavy (non-hydrogen) atoms. The number of hydrogen-bond acceptors (Lipinski definition) is 6. The van der Waals surface area contributed by atoms with Gasteiger partial charge in [0.05, 0.1) is 24.3 Å². The SMILES string of the molecule is CCC1CCc2cc(C3CCC3)ccc2N1S(=O)(=O)c1ccc(OCC2CCOCC2)c(C(=O)OC)c1. The molecule has 2 fully saturated rings. The predicted molar refractivity (Wildman–Crippen MR) is 142 cm³/mol. The molecule has 1 saturated carbocycles. The Morgan fingerprint density at radius 3 is 2.51 bits per heavy atom. The summed E-state index contributed by atoms with van der Waals surface area (Å²) >= 11 is 0. The average Bonchev–Trinajstić information content (AvgIpc) is 2.90. The Morgan fingerprint density at radius 2 is 1.84 bits per heavy atom. The van der Waals surface area contributed by atoms with E-state index in [-0.39, 0.29) is 16.5 Å². The number of carbonyl (C=O) groups excluding carboxylic acids is 1. The topological polar surface area (TPSA) is 82.1 Å². The van der Waals surface area contributed by atoms with E-state index < -0.39 is 16.0 Å². The Labute approximate surface area is 220 Å². The molecule has 0 N–H and O–H groups in total. The molecule has 0 amide bonds. The van der Waals surface area contributed by atoms with Crippen LogP contribution in [0.2, 0.25) is 0 Å². The number of nitrogens with zero attached hydrogens (tertiary/aromatic N) is 1. The van der Waals surface area contributed by atoms with Crippen molar-refractivity contribution in [2.75, 3.05) is 31.2 Å². The molecule has 2 aliphatic heterocycles. The second kappa shape index (κ2) is 11.0. The molecule has 0 aromatic heterocycles. The number of ether oxygens (including phenoxy) is 3. The molecule has 200 valence electrons. The molecule has 0 bridgehead atoms. The molecule has 2 aromatic carbocycles. The summed E-state index contributed by atoms with van der Waals surface area (Å²) < 4.78 is 46.2. The average molecular weight is 528 g/mol. The molecule has 1 aliphatic carbocycles. The van der Waals surface area contributed by atoms with E-state index in [2.05, 4.69) is 12.1 Å². The van der Waals surface area contributed by atoms with Crippen molar-refractivity contribution in [3.63, 3.8) is 0 Å². The number of fused-ring (bicyclic) bond motifs is 1. The number of hydrogen-bond donors (Lipinski definition) is 0. The first-order valence-electron chi connectivity index (χ1n) is 13.5. The maximum atomic E-state index is 14.1. The number of carbonyl (C=O) groups is 1. The highest BCUT2D eigenvalue weighted by atomic mass is 32.2. The van der Waals surface area contributed by atoms with Gasteiger partial charge in [0, 0.05) is 19.3 Å². The number of benzene rings is 2. The molecular weight excluding hydrogens is 490 g/mol. The van der Waals surface area contributed by atoms with E-state index in [1.165, 1.54) is 38.0 Å². The van der Waals surface area contributed by atoms with Crippen LogP contribution in [0.3, 0.4) is 0 Å². The lowest BCUT2D eigenvalue weighted by atomic mass is 9.79. The number of methoxy groups -OCH3 is 1. The Balaban J connectivity index is 1.47. The summed E-state index contributed by atoms with van der Waals surface area (Å²) in [5.74, 6) is 0.655. The molecule has 8 heteroatoms. The summed E-state index contributed by atoms with van der Waals surface area (Å²) in [7, 11) is -2.63. The smallest absolute Gasteiger partial charge is 0.341 e. The highest BCUT2D eigenvalue weighted by Crippen LogP contribution is 2.42. The van der Waals surface area contributed by atoms with E-state index in [1.54, 1.807) is 16.4 Å². The van der Waals surface area contributed by atoms with Gasteiger partial charge in [-0.05, 0) is 92.2 Å². The van der Waals surface area contributed by atoms with Crippen molar-refractivity contribution in [1.29, 1.82) is 0 Å². The van der Waals surface area contributed by atoms with Gasteiger partial charge in [-0.15, -0.1) is 0 Å². The molecule has 7 nitrogen and oxygen atoms in total. The summed E-state index contributed by atoms with van der Waals surface area (Å²) in [6, 6.07) is 10.7. The van der Waals surface area contributed by atoms with Gasteiger partial charge >= 0.3 is 5.97 Å². The Morgan fingerprint density at radius 1 is 1.05 bits per heavy atom. The molecule has 0 radical (unpaired) electrons. The lowest BCUT2D eigenvalue weighted by Crippen LogP contribution is -2.43. The fraction of sp³-hybridized carbons (Fsp3) is 0.552. The summed E-state index contributed by atoms with van der Waals surface area (Å²) in [5, 5.41) is 0. The number of aryl methyl sites for hydroxylation is 1. The van der Waals surface area contributed by atoms with Gasteiger partial charge in [-0.2, -0.15) is 0 Å². The first-order valence-corrected chi connectivity index (χ1v) is 15.0. The molecule has 3 aliphatic rings. The van der Waals surface area contributed by atoms with Crippen LogP contribution >= 0.6 is 0 Å². The highest BCUT2D eigenvalue weighted by Gasteiger charge is 2.36. The third kappa shape index (κ3) is 5.23. The van der Waals surface area contributed by atoms with Crippen molar-refractivity contribution >= 4 is 21.7 Å². The number of sulfonamides is 1. The van der Waals surface area contributed by atoms with Gasteiger partial charge < -0.3 is 14.2 Å². The Hall–Kier alpha value is -2.58. The van der Waals surface area contributed by atoms with Crippen molar-refractivity contribution in [2.24, 2.45) is 5.92 Å². The summed E-state index contributed by atoms with van der Waals surface area (Å²) in [6.07, 6.45) is 7.82. The first-order chi connectivity index (χ1) is 17.9. The Kier molecular flexibility index (Phi) is 7.77. The minimum atomic E-state index is -3.92. The number of rotatable bonds is 8. The number of anilines is 1. The summed E-state index contributed by atoms with van der Waals surface area (Å²) in [5.41, 5.74) is 3.28. The van der Waals surface area contributed by atoms with Gasteiger partial charge in [-0.1, -0.05) is 25.5 Å². The van der Waals surface area contributed by atoms with Crippen LogP contribution in [0.25, 0.3) is 0 Å². The Bertz CT molecular complexity index is 1230. The monoisotopic (exact) mass is 527 g/mol. The highest BCUT2D eigenvalue weighted by molar-refractivity contribution is 7.92. The van der Waals surface area contributed by atoms with Crippen molar-refractivity contribution in [3.8, 4) is 5.75 Å². The minimum Gasteiger partial charge on any atom is -0.492 e. The van der Waals surface area contributed by atoms with Crippen molar-refractivity contribution in [3.05, 3.63) is 53.1 Å². The van der Waals surface area contributed by atoms with Crippen LogP contribution in [0.15, 0.2) is 41.3 Å². The molecule has 1 atom stereocenters. The first kappa shape index (κ1) is 26.0. The normalized spacial score (nSPS) is 20.7. The van der Waals surface area contributed by atoms with Crippen LogP contribution in [0.5, 0.6) is 5.75 Å². The minimum absolute atomic E-state index is 0.0701. The van der Waals surface area contributed by atoms with E-state index in [4.69, 9.17) is 14.2 Å². The number of esters is 1. The van der Waals surface area contributed by atoms with Crippen molar-refractivity contribution < 1.29 is 27.4 Å². The lowest BCUT2D eigenvalue weighted by Gasteiger charge is -2.38. The van der Waals surface area contributed by atoms with E-state index >= 15 is 0 Å². The third-order valence-electron chi connectivity index (χ3n) is 8.20. The van der Waals surface area contributed by atoms with Crippen LogP contribution in [0, 0.1) is 5.92 Å². The van der Waals surface area contributed by atoms with E-state index in [0.717, 1.165) is 36.9 Å². The zero-order chi connectivity index (χ0) is 26.0. The standard InChI is InChI=1S/C29H37NO6S/c1-3-24-9-7-23-17-22(21-5-4-6-21)8-11-27(23)30(24)37(32,33)25-10-12-28(26(18-25)29(31)34-2)36-19-20-13-15-35-16-14-20/h8,10-12,17-18,20-21,24H,3-7,9,13-16,19H2,1-2H3. The third-order valence-corrected chi connectivity index (χ3v) is 10.1. The molecule has 5 rings (SSSR count).